The molecule has 0 fully saturated rings. The SMILES string of the molecule is C=C(C(=O)OC(OCCCCC(F)(F)C(F)(F)S(=O)(=O)O)(C(=O)N(CC)C(C)C)C(F)(F)F)C(F)(F)F. The molecule has 1 N–H and O–H groups in total. The summed E-state index contributed by atoms with van der Waals surface area (Å²) in [5.41, 5.74) is -2.45. The van der Waals surface area contributed by atoms with Crippen molar-refractivity contribution in [1.82, 2.24) is 4.90 Å². The van der Waals surface area contributed by atoms with Gasteiger partial charge in [0.1, 0.15) is 5.57 Å². The summed E-state index contributed by atoms with van der Waals surface area (Å²) >= 11 is 0. The van der Waals surface area contributed by atoms with Gasteiger partial charge in [0.15, 0.2) is 0 Å². The van der Waals surface area contributed by atoms with Gasteiger partial charge in [-0.05, 0) is 33.6 Å². The predicted molar refractivity (Wildman–Crippen MR) is 104 cm³/mol. The van der Waals surface area contributed by atoms with Crippen molar-refractivity contribution in [3.63, 3.8) is 0 Å². The first-order valence-electron chi connectivity index (χ1n) is 10.0. The molecule has 8 nitrogen and oxygen atoms in total. The minimum Gasteiger partial charge on any atom is -0.412 e. The van der Waals surface area contributed by atoms with Crippen LogP contribution in [0.3, 0.4) is 0 Å². The van der Waals surface area contributed by atoms with Crippen molar-refractivity contribution in [1.29, 1.82) is 0 Å². The molecule has 0 aliphatic rings. The Morgan fingerprint density at radius 3 is 1.81 bits per heavy atom. The summed E-state index contributed by atoms with van der Waals surface area (Å²) in [7, 11) is -6.58. The Balaban J connectivity index is 6.08. The van der Waals surface area contributed by atoms with Crippen molar-refractivity contribution in [3.8, 4) is 0 Å². The van der Waals surface area contributed by atoms with E-state index in [2.05, 4.69) is 16.1 Å². The number of hydrogen-bond acceptors (Lipinski definition) is 6. The number of nitrogens with zero attached hydrogens (tertiary/aromatic N) is 1. The normalized spacial score (nSPS) is 15.3. The van der Waals surface area contributed by atoms with E-state index in [1.165, 1.54) is 13.8 Å². The van der Waals surface area contributed by atoms with E-state index in [0.717, 1.165) is 6.92 Å². The second-order valence-corrected chi connectivity index (χ2v) is 9.13. The van der Waals surface area contributed by atoms with Crippen LogP contribution in [0.15, 0.2) is 12.2 Å². The Labute approximate surface area is 204 Å². The summed E-state index contributed by atoms with van der Waals surface area (Å²) in [6.45, 7) is 3.84. The average molecular weight is 587 g/mol. The standard InChI is InChI=1S/C18H23F10NO7S/c1-5-29(10(2)3)13(31)15(17(24,25)26,36-12(30)11(4)16(21,22)23)35-9-7-6-8-14(19,20)18(27,28)37(32,33)34/h10H,4-9H2,1-3H3,(H,32,33,34). The Hall–Kier alpha value is -2.15. The Kier molecular flexibility index (Phi) is 11.0. The molecular weight excluding hydrogens is 564 g/mol. The number of esters is 1. The quantitative estimate of drug-likeness (QED) is 0.0846. The van der Waals surface area contributed by atoms with Crippen molar-refractivity contribution in [2.24, 2.45) is 0 Å². The third-order valence-corrected chi connectivity index (χ3v) is 5.59. The van der Waals surface area contributed by atoms with E-state index in [1.54, 1.807) is 0 Å². The molecule has 0 aromatic rings. The van der Waals surface area contributed by atoms with Gasteiger partial charge in [-0.2, -0.15) is 52.3 Å². The fourth-order valence-corrected chi connectivity index (χ4v) is 3.11. The fourth-order valence-electron chi connectivity index (χ4n) is 2.64. The Morgan fingerprint density at radius 1 is 0.973 bits per heavy atom. The first-order chi connectivity index (χ1) is 16.3. The van der Waals surface area contributed by atoms with Gasteiger partial charge in [0.2, 0.25) is 0 Å². The summed E-state index contributed by atoms with van der Waals surface area (Å²) in [5, 5.41) is -5.96. The number of halogens is 10. The van der Waals surface area contributed by atoms with Crippen LogP contribution in [0.1, 0.15) is 40.0 Å². The minimum atomic E-state index is -6.58. The number of unbranched alkanes of at least 4 members (excludes halogenated alkanes) is 1. The number of likely N-dealkylation sites (N-methyl/N-ethyl adjacent to an activating group) is 1. The molecule has 0 aromatic heterocycles. The maximum Gasteiger partial charge on any atom is 0.466 e. The molecule has 0 saturated heterocycles. The van der Waals surface area contributed by atoms with E-state index < -0.39 is 95.3 Å². The maximum absolute atomic E-state index is 14.0. The lowest BCUT2D eigenvalue weighted by Gasteiger charge is -2.38. The van der Waals surface area contributed by atoms with E-state index in [4.69, 9.17) is 4.55 Å². The molecule has 19 heteroatoms. The van der Waals surface area contributed by atoms with Crippen molar-refractivity contribution in [2.75, 3.05) is 13.2 Å². The van der Waals surface area contributed by atoms with Gasteiger partial charge in [0.05, 0.1) is 6.61 Å². The van der Waals surface area contributed by atoms with Gasteiger partial charge in [-0.25, -0.2) is 4.79 Å². The van der Waals surface area contributed by atoms with Gasteiger partial charge in [-0.1, -0.05) is 6.58 Å². The molecule has 0 spiro atoms. The summed E-state index contributed by atoms with van der Waals surface area (Å²) < 4.78 is 171. The molecule has 37 heavy (non-hydrogen) atoms. The zero-order valence-electron chi connectivity index (χ0n) is 19.4. The third kappa shape index (κ3) is 7.92. The summed E-state index contributed by atoms with van der Waals surface area (Å²) in [6.07, 6.45) is -15.9. The molecular formula is C18H23F10NO7S. The summed E-state index contributed by atoms with van der Waals surface area (Å²) in [6, 6.07) is -1.05. The molecule has 0 rings (SSSR count). The highest BCUT2D eigenvalue weighted by molar-refractivity contribution is 7.87. The van der Waals surface area contributed by atoms with Crippen LogP contribution in [0.5, 0.6) is 0 Å². The molecule has 0 aromatic carbocycles. The van der Waals surface area contributed by atoms with E-state index in [1.807, 2.05) is 0 Å². The highest BCUT2D eigenvalue weighted by Crippen LogP contribution is 2.42. The van der Waals surface area contributed by atoms with E-state index in [9.17, 15) is 61.9 Å². The lowest BCUT2D eigenvalue weighted by molar-refractivity contribution is -0.351. The molecule has 218 valence electrons. The van der Waals surface area contributed by atoms with Crippen LogP contribution in [0, 0.1) is 0 Å². The fraction of sp³-hybridized carbons (Fsp3) is 0.778. The smallest absolute Gasteiger partial charge is 0.412 e. The number of carbonyl (C=O) groups excluding carboxylic acids is 2. The number of hydrogen-bond donors (Lipinski definition) is 1. The van der Waals surface area contributed by atoms with Crippen molar-refractivity contribution in [3.05, 3.63) is 12.2 Å². The van der Waals surface area contributed by atoms with Crippen LogP contribution < -0.4 is 0 Å². The van der Waals surface area contributed by atoms with Crippen molar-refractivity contribution < 1.29 is 75.9 Å². The lowest BCUT2D eigenvalue weighted by atomic mass is 10.1. The predicted octanol–water partition coefficient (Wildman–Crippen LogP) is 4.47. The Morgan fingerprint density at radius 2 is 1.46 bits per heavy atom. The zero-order chi connectivity index (χ0) is 29.8. The molecule has 0 bridgehead atoms. The first-order valence-corrected chi connectivity index (χ1v) is 11.5. The van der Waals surface area contributed by atoms with Gasteiger partial charge in [-0.3, -0.25) is 9.35 Å². The molecule has 0 aliphatic carbocycles. The second-order valence-electron chi connectivity index (χ2n) is 7.67. The van der Waals surface area contributed by atoms with E-state index >= 15 is 0 Å². The van der Waals surface area contributed by atoms with Crippen LogP contribution in [-0.4, -0.2) is 78.3 Å². The molecule has 1 atom stereocenters. The number of rotatable bonds is 13. The van der Waals surface area contributed by atoms with Gasteiger partial charge >= 0.3 is 51.3 Å². The number of alkyl halides is 10. The van der Waals surface area contributed by atoms with Crippen molar-refractivity contribution >= 4 is 22.0 Å². The average Bonchev–Trinajstić information content (AvgIpc) is 2.69. The maximum atomic E-state index is 14.0. The first kappa shape index (κ1) is 34.9. The second kappa shape index (κ2) is 11.7. The van der Waals surface area contributed by atoms with Gasteiger partial charge in [0, 0.05) is 19.0 Å². The van der Waals surface area contributed by atoms with E-state index in [0.29, 0.717) is 4.90 Å². The number of amides is 1. The van der Waals surface area contributed by atoms with Crippen LogP contribution in [0.2, 0.25) is 0 Å². The van der Waals surface area contributed by atoms with Gasteiger partial charge in [0.25, 0.3) is 0 Å². The van der Waals surface area contributed by atoms with Crippen LogP contribution >= 0.6 is 0 Å². The lowest BCUT2D eigenvalue weighted by Crippen LogP contribution is -2.63. The monoisotopic (exact) mass is 587 g/mol. The van der Waals surface area contributed by atoms with Crippen LogP contribution in [0.4, 0.5) is 43.9 Å². The molecule has 0 heterocycles. The minimum absolute atomic E-state index is 0.401. The van der Waals surface area contributed by atoms with Crippen LogP contribution in [0.25, 0.3) is 0 Å². The molecule has 1 unspecified atom stereocenters. The topological polar surface area (TPSA) is 110 Å². The highest BCUT2D eigenvalue weighted by atomic mass is 32.2. The van der Waals surface area contributed by atoms with Gasteiger partial charge in [-0.15, -0.1) is 0 Å². The number of carbonyl (C=O) groups is 2. The highest BCUT2D eigenvalue weighted by Gasteiger charge is 2.68. The molecule has 1 amide bonds. The summed E-state index contributed by atoms with van der Waals surface area (Å²) in [5.74, 6) is -15.1. The number of ether oxygens (including phenoxy) is 2. The Bertz CT molecular complexity index is 947. The van der Waals surface area contributed by atoms with Crippen LogP contribution in [-0.2, 0) is 29.2 Å². The molecule has 0 saturated carbocycles. The zero-order valence-corrected chi connectivity index (χ0v) is 20.2. The van der Waals surface area contributed by atoms with Crippen molar-refractivity contribution in [2.45, 2.75) is 75.4 Å². The summed E-state index contributed by atoms with van der Waals surface area (Å²) in [4.78, 5) is 24.9. The molecule has 0 aliphatic heterocycles. The molecule has 0 radical (unpaired) electrons. The largest absolute Gasteiger partial charge is 0.466 e. The van der Waals surface area contributed by atoms with E-state index in [-0.39, 0.29) is 0 Å². The van der Waals surface area contributed by atoms with Gasteiger partial charge < -0.3 is 14.4 Å². The third-order valence-electron chi connectivity index (χ3n) is 4.64.